The molecule has 1 rings (SSSR count). The van der Waals surface area contributed by atoms with E-state index in [9.17, 15) is 4.79 Å². The van der Waals surface area contributed by atoms with Gasteiger partial charge in [0.25, 0.3) is 0 Å². The Kier molecular flexibility index (Phi) is 2.72. The van der Waals surface area contributed by atoms with E-state index in [0.717, 1.165) is 12.2 Å². The van der Waals surface area contributed by atoms with Gasteiger partial charge in [0.1, 0.15) is 5.76 Å². The van der Waals surface area contributed by atoms with E-state index in [4.69, 9.17) is 9.84 Å². The molecule has 3 heteroatoms. The minimum Gasteiger partial charge on any atom is -0.481 e. The van der Waals surface area contributed by atoms with Gasteiger partial charge >= 0.3 is 5.97 Å². The Balaban J connectivity index is 2.19. The fourth-order valence-corrected chi connectivity index (χ4v) is 0.836. The fraction of sp³-hybridized carbons (Fsp3) is 0.375. The van der Waals surface area contributed by atoms with Gasteiger partial charge < -0.3 is 9.84 Å². The summed E-state index contributed by atoms with van der Waals surface area (Å²) in [4.78, 5) is 10.1. The van der Waals surface area contributed by atoms with Crippen molar-refractivity contribution in [3.8, 4) is 0 Å². The Labute approximate surface area is 65.0 Å². The molecule has 0 aromatic rings. The van der Waals surface area contributed by atoms with Gasteiger partial charge in [-0.25, -0.2) is 0 Å². The van der Waals surface area contributed by atoms with Gasteiger partial charge in [-0.1, -0.05) is 0 Å². The van der Waals surface area contributed by atoms with E-state index in [1.807, 2.05) is 12.2 Å². The summed E-state index contributed by atoms with van der Waals surface area (Å²) in [6, 6.07) is 0. The molecule has 1 aliphatic rings. The van der Waals surface area contributed by atoms with E-state index < -0.39 is 5.97 Å². The van der Waals surface area contributed by atoms with E-state index >= 15 is 0 Å². The van der Waals surface area contributed by atoms with E-state index in [-0.39, 0.29) is 6.42 Å². The van der Waals surface area contributed by atoms with Crippen molar-refractivity contribution < 1.29 is 14.6 Å². The van der Waals surface area contributed by atoms with Gasteiger partial charge in [0.15, 0.2) is 0 Å². The van der Waals surface area contributed by atoms with Crippen molar-refractivity contribution in [3.63, 3.8) is 0 Å². The second kappa shape index (κ2) is 3.81. The minimum atomic E-state index is -0.771. The standard InChI is InChI=1S/C8H10O3/c9-8(10)5-1-3-7-4-2-6-11-7/h2-3,6H,1,4-5H2,(H,9,10). The van der Waals surface area contributed by atoms with E-state index in [0.29, 0.717) is 6.42 Å². The Hall–Kier alpha value is -1.25. The lowest BCUT2D eigenvalue weighted by Crippen LogP contribution is -1.92. The van der Waals surface area contributed by atoms with Gasteiger partial charge in [-0.3, -0.25) is 4.79 Å². The molecule has 0 saturated carbocycles. The van der Waals surface area contributed by atoms with Crippen LogP contribution in [0.3, 0.4) is 0 Å². The first-order valence-corrected chi connectivity index (χ1v) is 3.51. The van der Waals surface area contributed by atoms with Crippen LogP contribution in [0.4, 0.5) is 0 Å². The van der Waals surface area contributed by atoms with Crippen molar-refractivity contribution in [2.75, 3.05) is 0 Å². The minimum absolute atomic E-state index is 0.173. The molecule has 60 valence electrons. The molecule has 11 heavy (non-hydrogen) atoms. The van der Waals surface area contributed by atoms with Crippen molar-refractivity contribution in [1.29, 1.82) is 0 Å². The molecule has 0 spiro atoms. The molecular formula is C8H10O3. The lowest BCUT2D eigenvalue weighted by atomic mass is 10.2. The zero-order chi connectivity index (χ0) is 8.10. The predicted molar refractivity (Wildman–Crippen MR) is 39.8 cm³/mol. The summed E-state index contributed by atoms with van der Waals surface area (Å²) in [5.74, 6) is 0.0825. The van der Waals surface area contributed by atoms with E-state index in [2.05, 4.69) is 0 Å². The van der Waals surface area contributed by atoms with Crippen molar-refractivity contribution in [2.45, 2.75) is 19.3 Å². The van der Waals surface area contributed by atoms with Gasteiger partial charge in [0, 0.05) is 12.8 Å². The van der Waals surface area contributed by atoms with Crippen LogP contribution < -0.4 is 0 Å². The first kappa shape index (κ1) is 7.85. The van der Waals surface area contributed by atoms with Gasteiger partial charge in [0.2, 0.25) is 0 Å². The summed E-state index contributed by atoms with van der Waals surface area (Å²) in [6.45, 7) is 0. The number of aliphatic carboxylic acids is 1. The second-order valence-electron chi connectivity index (χ2n) is 2.30. The van der Waals surface area contributed by atoms with E-state index in [1.165, 1.54) is 0 Å². The molecule has 0 aliphatic carbocycles. The molecule has 0 atom stereocenters. The molecule has 0 unspecified atom stereocenters. The summed E-state index contributed by atoms with van der Waals surface area (Å²) in [7, 11) is 0. The third-order valence-electron chi connectivity index (χ3n) is 1.36. The van der Waals surface area contributed by atoms with Gasteiger partial charge in [-0.15, -0.1) is 0 Å². The Morgan fingerprint density at radius 2 is 2.64 bits per heavy atom. The SMILES string of the molecule is O=C(O)CCC=C1CC=CO1. The van der Waals surface area contributed by atoms with Crippen molar-refractivity contribution in [1.82, 2.24) is 0 Å². The van der Waals surface area contributed by atoms with Crippen LogP contribution in [-0.2, 0) is 9.53 Å². The maximum atomic E-state index is 10.1. The monoisotopic (exact) mass is 154 g/mol. The quantitative estimate of drug-likeness (QED) is 0.672. The zero-order valence-electron chi connectivity index (χ0n) is 6.12. The number of rotatable bonds is 3. The second-order valence-corrected chi connectivity index (χ2v) is 2.30. The highest BCUT2D eigenvalue weighted by Crippen LogP contribution is 2.13. The summed E-state index contributed by atoms with van der Waals surface area (Å²) in [5.41, 5.74) is 0. The summed E-state index contributed by atoms with van der Waals surface area (Å²) in [5, 5.41) is 8.30. The molecule has 0 saturated heterocycles. The van der Waals surface area contributed by atoms with Crippen LogP contribution in [0.25, 0.3) is 0 Å². The topological polar surface area (TPSA) is 46.5 Å². The third-order valence-corrected chi connectivity index (χ3v) is 1.36. The highest BCUT2D eigenvalue weighted by molar-refractivity contribution is 5.66. The van der Waals surface area contributed by atoms with Gasteiger partial charge in [-0.2, -0.15) is 0 Å². The first-order chi connectivity index (χ1) is 5.29. The Bertz CT molecular complexity index is 193. The maximum absolute atomic E-state index is 10.1. The van der Waals surface area contributed by atoms with Gasteiger partial charge in [-0.05, 0) is 18.6 Å². The van der Waals surface area contributed by atoms with Crippen molar-refractivity contribution in [3.05, 3.63) is 24.2 Å². The lowest BCUT2D eigenvalue weighted by molar-refractivity contribution is -0.136. The molecule has 0 aromatic heterocycles. The lowest BCUT2D eigenvalue weighted by Gasteiger charge is -1.95. The highest BCUT2D eigenvalue weighted by Gasteiger charge is 2.00. The average molecular weight is 154 g/mol. The molecule has 0 aromatic carbocycles. The summed E-state index contributed by atoms with van der Waals surface area (Å²) in [6.07, 6.45) is 6.84. The molecule has 0 fully saturated rings. The van der Waals surface area contributed by atoms with Crippen LogP contribution in [0.15, 0.2) is 24.2 Å². The molecular weight excluding hydrogens is 144 g/mol. The number of hydrogen-bond donors (Lipinski definition) is 1. The maximum Gasteiger partial charge on any atom is 0.303 e. The number of carbonyl (C=O) groups is 1. The normalized spacial score (nSPS) is 18.7. The predicted octanol–water partition coefficient (Wildman–Crippen LogP) is 1.67. The Morgan fingerprint density at radius 1 is 1.82 bits per heavy atom. The first-order valence-electron chi connectivity index (χ1n) is 3.51. The van der Waals surface area contributed by atoms with Gasteiger partial charge in [0.05, 0.1) is 6.26 Å². The van der Waals surface area contributed by atoms with Crippen LogP contribution >= 0.6 is 0 Å². The number of carboxylic acids is 1. The molecule has 0 radical (unpaired) electrons. The molecule has 1 aliphatic heterocycles. The molecule has 0 bridgehead atoms. The average Bonchev–Trinajstić information content (AvgIpc) is 2.39. The Morgan fingerprint density at radius 3 is 3.18 bits per heavy atom. The number of ether oxygens (including phenoxy) is 1. The van der Waals surface area contributed by atoms with Crippen LogP contribution in [-0.4, -0.2) is 11.1 Å². The summed E-state index contributed by atoms with van der Waals surface area (Å²) < 4.78 is 5.02. The van der Waals surface area contributed by atoms with Crippen LogP contribution in [0, 0.1) is 0 Å². The number of hydrogen-bond acceptors (Lipinski definition) is 2. The zero-order valence-corrected chi connectivity index (χ0v) is 6.12. The third kappa shape index (κ3) is 2.89. The number of carboxylic acid groups (broad SMARTS) is 1. The van der Waals surface area contributed by atoms with Crippen LogP contribution in [0.2, 0.25) is 0 Å². The molecule has 0 amide bonds. The van der Waals surface area contributed by atoms with Crippen LogP contribution in [0.5, 0.6) is 0 Å². The highest BCUT2D eigenvalue weighted by atomic mass is 16.5. The number of allylic oxidation sites excluding steroid dienone is 2. The van der Waals surface area contributed by atoms with E-state index in [1.54, 1.807) is 6.26 Å². The van der Waals surface area contributed by atoms with Crippen molar-refractivity contribution >= 4 is 5.97 Å². The largest absolute Gasteiger partial charge is 0.481 e. The fourth-order valence-electron chi connectivity index (χ4n) is 0.836. The molecule has 1 N–H and O–H groups in total. The van der Waals surface area contributed by atoms with Crippen LogP contribution in [0.1, 0.15) is 19.3 Å². The van der Waals surface area contributed by atoms with Crippen molar-refractivity contribution in [2.24, 2.45) is 0 Å². The smallest absolute Gasteiger partial charge is 0.303 e. The molecule has 3 nitrogen and oxygen atoms in total. The molecule has 1 heterocycles. The summed E-state index contributed by atoms with van der Waals surface area (Å²) >= 11 is 0.